The molecule has 4 heteroatoms. The van der Waals surface area contributed by atoms with Gasteiger partial charge < -0.3 is 5.32 Å². The Morgan fingerprint density at radius 1 is 1.11 bits per heavy atom. The minimum absolute atomic E-state index is 0.0176. The highest BCUT2D eigenvalue weighted by Gasteiger charge is 2.25. The lowest BCUT2D eigenvalue weighted by Gasteiger charge is -2.25. The van der Waals surface area contributed by atoms with Gasteiger partial charge >= 0.3 is 0 Å². The summed E-state index contributed by atoms with van der Waals surface area (Å²) >= 11 is 0. The van der Waals surface area contributed by atoms with Crippen molar-refractivity contribution in [3.05, 3.63) is 34.9 Å². The van der Waals surface area contributed by atoms with Gasteiger partial charge in [0.2, 0.25) is 0 Å². The molecule has 3 rings (SSSR count). The maximum absolute atomic E-state index is 11.7. The predicted molar refractivity (Wildman–Crippen MR) is 72.5 cm³/mol. The van der Waals surface area contributed by atoms with Crippen molar-refractivity contribution in [1.29, 1.82) is 0 Å². The third kappa shape index (κ3) is 2.45. The van der Waals surface area contributed by atoms with Crippen LogP contribution in [0.3, 0.4) is 0 Å². The molecular formula is C14H19NO2S. The Bertz CT molecular complexity index is 551. The topological polar surface area (TPSA) is 46.2 Å². The molecular weight excluding hydrogens is 246 g/mol. The average Bonchev–Trinajstić information content (AvgIpc) is 2.37. The maximum Gasteiger partial charge on any atom is 0.153 e. The van der Waals surface area contributed by atoms with Gasteiger partial charge in [0.25, 0.3) is 0 Å². The summed E-state index contributed by atoms with van der Waals surface area (Å²) in [6, 6.07) is 6.48. The van der Waals surface area contributed by atoms with Gasteiger partial charge in [-0.3, -0.25) is 0 Å². The van der Waals surface area contributed by atoms with E-state index in [1.165, 1.54) is 30.4 Å². The van der Waals surface area contributed by atoms with Gasteiger partial charge in [-0.25, -0.2) is 8.42 Å². The molecule has 1 aliphatic heterocycles. The Morgan fingerprint density at radius 3 is 2.67 bits per heavy atom. The predicted octanol–water partition coefficient (Wildman–Crippen LogP) is 1.62. The van der Waals surface area contributed by atoms with Crippen molar-refractivity contribution in [3.8, 4) is 0 Å². The molecule has 1 unspecified atom stereocenters. The minimum atomic E-state index is -2.86. The number of rotatable bonds is 1. The molecule has 18 heavy (non-hydrogen) atoms. The van der Waals surface area contributed by atoms with Crippen molar-refractivity contribution < 1.29 is 8.42 Å². The number of aryl methyl sites for hydroxylation is 2. The van der Waals surface area contributed by atoms with E-state index in [9.17, 15) is 8.42 Å². The summed E-state index contributed by atoms with van der Waals surface area (Å²) in [5, 5.41) is 3.32. The molecule has 3 nitrogen and oxygen atoms in total. The van der Waals surface area contributed by atoms with E-state index in [1.807, 2.05) is 0 Å². The number of sulfone groups is 1. The van der Waals surface area contributed by atoms with Crippen LogP contribution in [0.5, 0.6) is 0 Å². The highest BCUT2D eigenvalue weighted by Crippen LogP contribution is 2.26. The quantitative estimate of drug-likeness (QED) is 0.839. The van der Waals surface area contributed by atoms with Crippen molar-refractivity contribution in [3.63, 3.8) is 0 Å². The van der Waals surface area contributed by atoms with Crippen LogP contribution in [-0.4, -0.2) is 26.5 Å². The Hall–Kier alpha value is -0.870. The van der Waals surface area contributed by atoms with Crippen LogP contribution in [-0.2, 0) is 22.7 Å². The first-order chi connectivity index (χ1) is 8.64. The molecule has 0 spiro atoms. The summed E-state index contributed by atoms with van der Waals surface area (Å²) < 4.78 is 23.4. The maximum atomic E-state index is 11.7. The first-order valence-electron chi connectivity index (χ1n) is 6.69. The van der Waals surface area contributed by atoms with Crippen LogP contribution in [0.25, 0.3) is 0 Å². The van der Waals surface area contributed by atoms with E-state index in [2.05, 4.69) is 23.5 Å². The van der Waals surface area contributed by atoms with Crippen molar-refractivity contribution >= 4 is 9.84 Å². The summed E-state index contributed by atoms with van der Waals surface area (Å²) in [6.07, 6.45) is 4.85. The number of fused-ring (bicyclic) bond motifs is 1. The molecule has 1 saturated heterocycles. The summed E-state index contributed by atoms with van der Waals surface area (Å²) in [7, 11) is -2.86. The lowest BCUT2D eigenvalue weighted by Crippen LogP contribution is -2.39. The Kier molecular flexibility index (Phi) is 3.16. The zero-order valence-electron chi connectivity index (χ0n) is 10.5. The third-order valence-electron chi connectivity index (χ3n) is 4.00. The van der Waals surface area contributed by atoms with Gasteiger partial charge in [0, 0.05) is 12.6 Å². The molecule has 0 aromatic heterocycles. The molecule has 1 fully saturated rings. The second-order valence-electron chi connectivity index (χ2n) is 5.36. The lowest BCUT2D eigenvalue weighted by atomic mass is 9.89. The standard InChI is InChI=1S/C14H19NO2S/c16-18(17)8-7-15-14(10-18)13-6-5-11-3-1-2-4-12(11)9-13/h5-6,9,14-15H,1-4,7-8,10H2. The molecule has 1 aliphatic carbocycles. The van der Waals surface area contributed by atoms with Crippen molar-refractivity contribution in [2.45, 2.75) is 31.7 Å². The van der Waals surface area contributed by atoms with Crippen LogP contribution in [0.1, 0.15) is 35.6 Å². The van der Waals surface area contributed by atoms with Gasteiger partial charge in [0.05, 0.1) is 11.5 Å². The van der Waals surface area contributed by atoms with Crippen LogP contribution in [0, 0.1) is 0 Å². The van der Waals surface area contributed by atoms with Gasteiger partial charge in [-0.1, -0.05) is 18.2 Å². The lowest BCUT2D eigenvalue weighted by molar-refractivity contribution is 0.530. The fourth-order valence-electron chi connectivity index (χ4n) is 2.97. The second-order valence-corrected chi connectivity index (χ2v) is 7.59. The monoisotopic (exact) mass is 265 g/mol. The van der Waals surface area contributed by atoms with Crippen molar-refractivity contribution in [1.82, 2.24) is 5.32 Å². The number of hydrogen-bond acceptors (Lipinski definition) is 3. The molecule has 1 aromatic rings. The molecule has 1 heterocycles. The Balaban J connectivity index is 1.88. The van der Waals surface area contributed by atoms with Crippen molar-refractivity contribution in [2.24, 2.45) is 0 Å². The zero-order chi connectivity index (χ0) is 12.6. The SMILES string of the molecule is O=S1(=O)CCNC(c2ccc3c(c2)CCCC3)C1. The molecule has 0 radical (unpaired) electrons. The van der Waals surface area contributed by atoms with E-state index in [0.29, 0.717) is 6.54 Å². The summed E-state index contributed by atoms with van der Waals surface area (Å²) in [5.41, 5.74) is 4.01. The van der Waals surface area contributed by atoms with E-state index in [-0.39, 0.29) is 17.5 Å². The largest absolute Gasteiger partial charge is 0.308 e. The van der Waals surface area contributed by atoms with E-state index in [4.69, 9.17) is 0 Å². The summed E-state index contributed by atoms with van der Waals surface area (Å²) in [4.78, 5) is 0. The zero-order valence-corrected chi connectivity index (χ0v) is 11.3. The van der Waals surface area contributed by atoms with Crippen molar-refractivity contribution in [2.75, 3.05) is 18.1 Å². The van der Waals surface area contributed by atoms with Crippen LogP contribution < -0.4 is 5.32 Å². The van der Waals surface area contributed by atoms with E-state index in [1.54, 1.807) is 0 Å². The van der Waals surface area contributed by atoms with Crippen LogP contribution in [0.4, 0.5) is 0 Å². The molecule has 1 aromatic carbocycles. The first-order valence-corrected chi connectivity index (χ1v) is 8.52. The number of hydrogen-bond donors (Lipinski definition) is 1. The smallest absolute Gasteiger partial charge is 0.153 e. The van der Waals surface area contributed by atoms with E-state index in [0.717, 1.165) is 12.0 Å². The molecule has 2 aliphatic rings. The average molecular weight is 265 g/mol. The van der Waals surface area contributed by atoms with Gasteiger partial charge in [-0.15, -0.1) is 0 Å². The normalized spacial score (nSPS) is 26.6. The molecule has 0 amide bonds. The fraction of sp³-hybridized carbons (Fsp3) is 0.571. The van der Waals surface area contributed by atoms with Crippen LogP contribution in [0.15, 0.2) is 18.2 Å². The molecule has 1 atom stereocenters. The van der Waals surface area contributed by atoms with Gasteiger partial charge in [0.15, 0.2) is 9.84 Å². The molecule has 0 saturated carbocycles. The summed E-state index contributed by atoms with van der Waals surface area (Å²) in [6.45, 7) is 0.573. The Labute approximate surface area is 109 Å². The number of benzene rings is 1. The van der Waals surface area contributed by atoms with Gasteiger partial charge in [0.1, 0.15) is 0 Å². The minimum Gasteiger partial charge on any atom is -0.308 e. The van der Waals surface area contributed by atoms with Crippen LogP contribution in [0.2, 0.25) is 0 Å². The third-order valence-corrected chi connectivity index (χ3v) is 5.67. The molecule has 1 N–H and O–H groups in total. The molecule has 98 valence electrons. The highest BCUT2D eigenvalue weighted by molar-refractivity contribution is 7.91. The molecule has 0 bridgehead atoms. The second kappa shape index (κ2) is 4.67. The number of nitrogens with one attached hydrogen (secondary N) is 1. The Morgan fingerprint density at radius 2 is 1.89 bits per heavy atom. The van der Waals surface area contributed by atoms with Crippen LogP contribution >= 0.6 is 0 Å². The van der Waals surface area contributed by atoms with Gasteiger partial charge in [-0.2, -0.15) is 0 Å². The van der Waals surface area contributed by atoms with E-state index >= 15 is 0 Å². The summed E-state index contributed by atoms with van der Waals surface area (Å²) in [5.74, 6) is 0.514. The van der Waals surface area contributed by atoms with Gasteiger partial charge in [-0.05, 0) is 42.4 Å². The first kappa shape index (κ1) is 12.2. The fourth-order valence-corrected chi connectivity index (χ4v) is 4.38. The highest BCUT2D eigenvalue weighted by atomic mass is 32.2. The van der Waals surface area contributed by atoms with E-state index < -0.39 is 9.84 Å².